The van der Waals surface area contributed by atoms with Crippen molar-refractivity contribution >= 4 is 54.6 Å². The molecule has 9 nitrogen and oxygen atoms in total. The van der Waals surface area contributed by atoms with Crippen molar-refractivity contribution in [1.82, 2.24) is 0 Å². The maximum atomic E-state index is 12.1. The van der Waals surface area contributed by atoms with Gasteiger partial charge in [0.05, 0.1) is 0 Å². The minimum Gasteiger partial charge on any atom is -1.00 e. The summed E-state index contributed by atoms with van der Waals surface area (Å²) in [7, 11) is -14.1. The maximum Gasteiger partial charge on any atom is 1.00 e. The van der Waals surface area contributed by atoms with E-state index in [1.807, 2.05) is 0 Å². The molecule has 0 aliphatic carbocycles. The van der Waals surface area contributed by atoms with Crippen LogP contribution in [0, 0.1) is 0 Å². The van der Waals surface area contributed by atoms with Gasteiger partial charge in [0.15, 0.2) is 0 Å². The molecule has 3 atom stereocenters. The first-order valence-corrected chi connectivity index (χ1v) is 11.3. The van der Waals surface area contributed by atoms with E-state index >= 15 is 0 Å². The Kier molecular flexibility index (Phi) is 7.77. The zero-order valence-corrected chi connectivity index (χ0v) is 16.5. The van der Waals surface area contributed by atoms with Crippen molar-refractivity contribution in [2.24, 2.45) is 0 Å². The Labute approximate surface area is 156 Å². The van der Waals surface area contributed by atoms with Gasteiger partial charge in [0.1, 0.15) is 0 Å². The molecule has 0 aliphatic rings. The average Bonchev–Trinajstić information content (AvgIpc) is 2.46. The molecular weight excluding hydrogens is 388 g/mol. The van der Waals surface area contributed by atoms with Gasteiger partial charge in [0, 0.05) is 36.7 Å². The van der Waals surface area contributed by atoms with E-state index in [4.69, 9.17) is 0 Å². The quantitative estimate of drug-likeness (QED) is 0.334. The van der Waals surface area contributed by atoms with Gasteiger partial charge in [-0.3, -0.25) is 28.1 Å². The maximum absolute atomic E-state index is 12.1. The second-order valence-electron chi connectivity index (χ2n) is 4.99. The van der Waals surface area contributed by atoms with Crippen LogP contribution in [0.25, 0.3) is 0 Å². The third-order valence-electron chi connectivity index (χ3n) is 3.22. The van der Waals surface area contributed by atoms with Crippen LogP contribution in [0.4, 0.5) is 0 Å². The SMILES string of the molecule is CC(=O)P(=O)(O)c1cc(P(=O)(O)C(C)=O)cc(P(=O)(O)C(C)=O)c1.[H-].[Li+]. The molecule has 0 spiro atoms. The Balaban J connectivity index is 0. The predicted molar refractivity (Wildman–Crippen MR) is 88.0 cm³/mol. The van der Waals surface area contributed by atoms with Gasteiger partial charge < -0.3 is 16.1 Å². The van der Waals surface area contributed by atoms with Crippen LogP contribution in [0.5, 0.6) is 0 Å². The molecule has 1 aromatic rings. The molecule has 0 heterocycles. The summed E-state index contributed by atoms with van der Waals surface area (Å²) in [4.78, 5) is 63.5. The van der Waals surface area contributed by atoms with Gasteiger partial charge in [-0.25, -0.2) is 0 Å². The standard InChI is InChI=1S/C12H15O9P3.Li.H/c1-7(13)22(16,17)10-4-11(23(18,19)8(2)14)6-12(5-10)24(20,21)9(3)15;;/h4-6H,1-3H3,(H,16,17)(H,18,19)(H,20,21);;/q;+1;-1. The summed E-state index contributed by atoms with van der Waals surface area (Å²) in [6.07, 6.45) is 0. The second-order valence-corrected chi connectivity index (χ2v) is 11.9. The minimum absolute atomic E-state index is 0. The summed E-state index contributed by atoms with van der Waals surface area (Å²) in [5.74, 6) is 0. The topological polar surface area (TPSA) is 163 Å². The van der Waals surface area contributed by atoms with Gasteiger partial charge in [0.2, 0.25) is 16.6 Å². The predicted octanol–water partition coefficient (Wildman–Crippen LogP) is -2.87. The number of benzene rings is 1. The zero-order valence-electron chi connectivity index (χ0n) is 14.9. The van der Waals surface area contributed by atoms with E-state index in [0.29, 0.717) is 18.2 Å². The molecule has 0 radical (unpaired) electrons. The molecule has 0 aromatic heterocycles. The Hall–Kier alpha value is -0.603. The van der Waals surface area contributed by atoms with E-state index in [2.05, 4.69) is 0 Å². The molecule has 0 amide bonds. The van der Waals surface area contributed by atoms with Crippen LogP contribution in [0.15, 0.2) is 18.2 Å². The fraction of sp³-hybridized carbons (Fsp3) is 0.250. The number of rotatable bonds is 6. The molecule has 0 aliphatic heterocycles. The van der Waals surface area contributed by atoms with Crippen molar-refractivity contribution in [2.75, 3.05) is 0 Å². The Bertz CT molecular complexity index is 771. The molecule has 0 saturated carbocycles. The molecular formula is C12H16LiO9P3. The molecule has 3 N–H and O–H groups in total. The first kappa shape index (κ1) is 24.4. The molecule has 0 saturated heterocycles. The van der Waals surface area contributed by atoms with E-state index in [0.717, 1.165) is 20.8 Å². The summed E-state index contributed by atoms with van der Waals surface area (Å²) in [5.41, 5.74) is -3.55. The molecule has 13 heteroatoms. The first-order valence-electron chi connectivity index (χ1n) is 6.33. The molecule has 0 bridgehead atoms. The minimum atomic E-state index is -4.70. The van der Waals surface area contributed by atoms with Crippen molar-refractivity contribution in [3.63, 3.8) is 0 Å². The molecule has 134 valence electrons. The van der Waals surface area contributed by atoms with Crippen molar-refractivity contribution in [1.29, 1.82) is 0 Å². The number of hydrogen-bond acceptors (Lipinski definition) is 6. The fourth-order valence-corrected chi connectivity index (χ4v) is 4.93. The Morgan fingerprint density at radius 2 is 0.840 bits per heavy atom. The fourth-order valence-electron chi connectivity index (χ4n) is 1.65. The van der Waals surface area contributed by atoms with Crippen molar-refractivity contribution in [3.8, 4) is 0 Å². The van der Waals surface area contributed by atoms with Gasteiger partial charge in [-0.1, -0.05) is 0 Å². The van der Waals surface area contributed by atoms with E-state index in [-0.39, 0.29) is 20.3 Å². The molecule has 1 rings (SSSR count). The molecule has 1 aromatic carbocycles. The van der Waals surface area contributed by atoms with E-state index < -0.39 is 54.6 Å². The van der Waals surface area contributed by atoms with Gasteiger partial charge in [-0.15, -0.1) is 0 Å². The van der Waals surface area contributed by atoms with Crippen molar-refractivity contribution < 1.29 is 63.0 Å². The summed E-state index contributed by atoms with van der Waals surface area (Å²) in [6, 6.07) is 2.02. The van der Waals surface area contributed by atoms with Gasteiger partial charge in [-0.05, 0) is 18.2 Å². The first-order chi connectivity index (χ1) is 10.6. The van der Waals surface area contributed by atoms with Crippen LogP contribution in [-0.2, 0) is 28.1 Å². The monoisotopic (exact) mass is 404 g/mol. The summed E-state index contributed by atoms with van der Waals surface area (Å²) in [5, 5.41) is -2.14. The van der Waals surface area contributed by atoms with Crippen molar-refractivity contribution in [2.45, 2.75) is 20.8 Å². The Morgan fingerprint density at radius 3 is 0.960 bits per heavy atom. The molecule has 3 unspecified atom stereocenters. The van der Waals surface area contributed by atoms with E-state index in [9.17, 15) is 42.8 Å². The number of hydrogen-bond donors (Lipinski definition) is 3. The van der Waals surface area contributed by atoms with Crippen LogP contribution < -0.4 is 34.8 Å². The van der Waals surface area contributed by atoms with Crippen LogP contribution >= 0.6 is 22.1 Å². The van der Waals surface area contributed by atoms with Gasteiger partial charge in [0.25, 0.3) is 22.1 Å². The summed E-state index contributed by atoms with van der Waals surface area (Å²) in [6.45, 7) is 2.38. The summed E-state index contributed by atoms with van der Waals surface area (Å²) >= 11 is 0. The van der Waals surface area contributed by atoms with E-state index in [1.165, 1.54) is 0 Å². The smallest absolute Gasteiger partial charge is 1.00 e. The van der Waals surface area contributed by atoms with Gasteiger partial charge >= 0.3 is 18.9 Å². The average molecular weight is 404 g/mol. The number of carbonyl (C=O) groups is 3. The third-order valence-corrected chi connectivity index (χ3v) is 8.65. The van der Waals surface area contributed by atoms with Crippen LogP contribution in [0.3, 0.4) is 0 Å². The molecule has 0 fully saturated rings. The van der Waals surface area contributed by atoms with E-state index in [1.54, 1.807) is 0 Å². The summed E-state index contributed by atoms with van der Waals surface area (Å²) < 4.78 is 36.3. The van der Waals surface area contributed by atoms with Crippen LogP contribution in [-0.4, -0.2) is 31.3 Å². The third kappa shape index (κ3) is 4.77. The second kappa shape index (κ2) is 7.96. The number of carbonyl (C=O) groups excluding carboxylic acids is 3. The largest absolute Gasteiger partial charge is 1.00 e. The van der Waals surface area contributed by atoms with Gasteiger partial charge in [-0.2, -0.15) is 0 Å². The Morgan fingerprint density at radius 1 is 0.680 bits per heavy atom. The van der Waals surface area contributed by atoms with Crippen LogP contribution in [0.1, 0.15) is 22.2 Å². The van der Waals surface area contributed by atoms with Crippen LogP contribution in [0.2, 0.25) is 0 Å². The zero-order chi connectivity index (χ0) is 19.1. The van der Waals surface area contributed by atoms with Crippen molar-refractivity contribution in [3.05, 3.63) is 18.2 Å². The normalized spacial score (nSPS) is 18.0. The molecule has 25 heavy (non-hydrogen) atoms.